The van der Waals surface area contributed by atoms with Crippen LogP contribution < -0.4 is 5.32 Å². The van der Waals surface area contributed by atoms with Gasteiger partial charge in [-0.3, -0.25) is 9.59 Å². The van der Waals surface area contributed by atoms with Crippen molar-refractivity contribution >= 4 is 40.4 Å². The second kappa shape index (κ2) is 7.58. The Kier molecular flexibility index (Phi) is 5.45. The summed E-state index contributed by atoms with van der Waals surface area (Å²) in [6.45, 7) is 5.08. The molecule has 2 heterocycles. The summed E-state index contributed by atoms with van der Waals surface area (Å²) >= 11 is 7.57. The first kappa shape index (κ1) is 18.0. The lowest BCUT2D eigenvalue weighted by Gasteiger charge is -2.26. The Balaban J connectivity index is 1.81. The second-order valence-corrected chi connectivity index (χ2v) is 7.72. The van der Waals surface area contributed by atoms with Crippen LogP contribution in [-0.2, 0) is 0 Å². The molecule has 4 nitrogen and oxygen atoms in total. The minimum absolute atomic E-state index is 0.000473. The maximum absolute atomic E-state index is 12.9. The Bertz CT molecular complexity index is 776. The normalized spacial score (nSPS) is 19.9. The monoisotopic (exact) mass is 376 g/mol. The summed E-state index contributed by atoms with van der Waals surface area (Å²) in [6.07, 6.45) is 1.97. The van der Waals surface area contributed by atoms with Gasteiger partial charge >= 0.3 is 0 Å². The number of carbonyl (C=O) groups is 2. The number of hydrogen-bond donors (Lipinski definition) is 1. The molecule has 132 valence electrons. The highest BCUT2D eigenvalue weighted by Crippen LogP contribution is 2.30. The van der Waals surface area contributed by atoms with E-state index < -0.39 is 0 Å². The predicted octanol–water partition coefficient (Wildman–Crippen LogP) is 4.91. The van der Waals surface area contributed by atoms with E-state index in [0.717, 1.165) is 19.4 Å². The Morgan fingerprint density at radius 3 is 2.84 bits per heavy atom. The fourth-order valence-corrected chi connectivity index (χ4v) is 4.18. The molecule has 1 N–H and O–H groups in total. The van der Waals surface area contributed by atoms with Crippen LogP contribution in [0.15, 0.2) is 35.7 Å². The summed E-state index contributed by atoms with van der Waals surface area (Å²) in [5, 5.41) is 5.06. The van der Waals surface area contributed by atoms with Gasteiger partial charge in [-0.15, -0.1) is 11.3 Å². The zero-order valence-corrected chi connectivity index (χ0v) is 15.9. The maximum atomic E-state index is 12.9. The number of hydrogen-bond acceptors (Lipinski definition) is 3. The fourth-order valence-electron chi connectivity index (χ4n) is 3.39. The molecule has 6 heteroatoms. The summed E-state index contributed by atoms with van der Waals surface area (Å²) in [7, 11) is 0. The third-order valence-corrected chi connectivity index (χ3v) is 5.97. The van der Waals surface area contributed by atoms with Crippen LogP contribution in [0.4, 0.5) is 5.69 Å². The molecular formula is C19H21ClN2O2S. The minimum atomic E-state index is -0.220. The molecule has 1 aromatic carbocycles. The molecule has 1 aliphatic heterocycles. The van der Waals surface area contributed by atoms with E-state index in [1.807, 2.05) is 16.3 Å². The molecule has 2 amide bonds. The van der Waals surface area contributed by atoms with E-state index >= 15 is 0 Å². The van der Waals surface area contributed by atoms with Gasteiger partial charge in [-0.1, -0.05) is 31.5 Å². The zero-order valence-electron chi connectivity index (χ0n) is 14.3. The molecular weight excluding hydrogens is 356 g/mol. The van der Waals surface area contributed by atoms with E-state index in [9.17, 15) is 9.59 Å². The number of halogens is 1. The van der Waals surface area contributed by atoms with Crippen molar-refractivity contribution in [3.8, 4) is 0 Å². The Hall–Kier alpha value is -1.85. The summed E-state index contributed by atoms with van der Waals surface area (Å²) < 4.78 is 0. The van der Waals surface area contributed by atoms with Crippen molar-refractivity contribution in [2.24, 2.45) is 5.92 Å². The van der Waals surface area contributed by atoms with Crippen LogP contribution in [0, 0.1) is 5.92 Å². The van der Waals surface area contributed by atoms with E-state index in [4.69, 9.17) is 11.6 Å². The van der Waals surface area contributed by atoms with Crippen molar-refractivity contribution in [3.05, 3.63) is 51.2 Å². The van der Waals surface area contributed by atoms with Crippen LogP contribution in [0.1, 0.15) is 46.7 Å². The molecule has 0 saturated carbocycles. The van der Waals surface area contributed by atoms with Gasteiger partial charge in [0, 0.05) is 18.2 Å². The van der Waals surface area contributed by atoms with Gasteiger partial charge < -0.3 is 10.2 Å². The smallest absolute Gasteiger partial charge is 0.265 e. The van der Waals surface area contributed by atoms with Crippen LogP contribution in [-0.4, -0.2) is 29.3 Å². The standard InChI is InChI=1S/C19H21ClN2O2S/c1-3-16-12(2)8-9-22(16)19(24)13-6-7-14(20)15(11-13)21-18(23)17-5-4-10-25-17/h4-7,10-12,16H,3,8-9H2,1-2H3,(H,21,23)/t12-,16-/m0/s1. The number of nitrogens with zero attached hydrogens (tertiary/aromatic N) is 1. The van der Waals surface area contributed by atoms with Crippen molar-refractivity contribution in [2.45, 2.75) is 32.7 Å². The largest absolute Gasteiger partial charge is 0.335 e. The van der Waals surface area contributed by atoms with E-state index in [1.165, 1.54) is 11.3 Å². The first-order chi connectivity index (χ1) is 12.0. The van der Waals surface area contributed by atoms with Crippen molar-refractivity contribution in [1.82, 2.24) is 4.90 Å². The average molecular weight is 377 g/mol. The number of amides is 2. The summed E-state index contributed by atoms with van der Waals surface area (Å²) in [6, 6.07) is 8.90. The highest BCUT2D eigenvalue weighted by molar-refractivity contribution is 7.12. The van der Waals surface area contributed by atoms with Gasteiger partial charge in [0.05, 0.1) is 15.6 Å². The van der Waals surface area contributed by atoms with Crippen molar-refractivity contribution < 1.29 is 9.59 Å². The van der Waals surface area contributed by atoms with Crippen LogP contribution >= 0.6 is 22.9 Å². The van der Waals surface area contributed by atoms with Crippen molar-refractivity contribution in [3.63, 3.8) is 0 Å². The highest BCUT2D eigenvalue weighted by atomic mass is 35.5. The Morgan fingerprint density at radius 2 is 2.16 bits per heavy atom. The van der Waals surface area contributed by atoms with Crippen LogP contribution in [0.3, 0.4) is 0 Å². The minimum Gasteiger partial charge on any atom is -0.335 e. The molecule has 25 heavy (non-hydrogen) atoms. The number of likely N-dealkylation sites (tertiary alicyclic amines) is 1. The molecule has 0 radical (unpaired) electrons. The van der Waals surface area contributed by atoms with Gasteiger partial charge in [0.15, 0.2) is 0 Å². The van der Waals surface area contributed by atoms with Gasteiger partial charge in [0.2, 0.25) is 0 Å². The molecule has 0 bridgehead atoms. The number of anilines is 1. The maximum Gasteiger partial charge on any atom is 0.265 e. The van der Waals surface area contributed by atoms with Crippen LogP contribution in [0.5, 0.6) is 0 Å². The van der Waals surface area contributed by atoms with Gasteiger partial charge in [-0.2, -0.15) is 0 Å². The number of benzene rings is 1. The third kappa shape index (κ3) is 3.72. The molecule has 0 aliphatic carbocycles. The summed E-state index contributed by atoms with van der Waals surface area (Å²) in [5.41, 5.74) is 1.02. The molecule has 3 rings (SSSR count). The average Bonchev–Trinajstić information content (AvgIpc) is 3.25. The third-order valence-electron chi connectivity index (χ3n) is 4.77. The molecule has 2 atom stereocenters. The molecule has 1 fully saturated rings. The van der Waals surface area contributed by atoms with Gasteiger partial charge in [-0.25, -0.2) is 0 Å². The van der Waals surface area contributed by atoms with Crippen molar-refractivity contribution in [1.29, 1.82) is 0 Å². The highest BCUT2D eigenvalue weighted by Gasteiger charge is 2.33. The van der Waals surface area contributed by atoms with Crippen LogP contribution in [0.2, 0.25) is 5.02 Å². The van der Waals surface area contributed by atoms with E-state index in [2.05, 4.69) is 19.2 Å². The SMILES string of the molecule is CC[C@H]1[C@@H](C)CCN1C(=O)c1ccc(Cl)c(NC(=O)c2cccs2)c1. The molecule has 1 aliphatic rings. The Labute approximate surface area is 156 Å². The summed E-state index contributed by atoms with van der Waals surface area (Å²) in [5.74, 6) is 0.293. The number of thiophene rings is 1. The molecule has 1 saturated heterocycles. The number of rotatable bonds is 4. The first-order valence-corrected chi connectivity index (χ1v) is 9.72. The van der Waals surface area contributed by atoms with Crippen LogP contribution in [0.25, 0.3) is 0 Å². The van der Waals surface area contributed by atoms with Crippen molar-refractivity contribution in [2.75, 3.05) is 11.9 Å². The fraction of sp³-hybridized carbons (Fsp3) is 0.368. The lowest BCUT2D eigenvalue weighted by molar-refractivity contribution is 0.0718. The first-order valence-electron chi connectivity index (χ1n) is 8.46. The second-order valence-electron chi connectivity index (χ2n) is 6.37. The summed E-state index contributed by atoms with van der Waals surface area (Å²) in [4.78, 5) is 27.7. The number of carbonyl (C=O) groups excluding carboxylic acids is 2. The quantitative estimate of drug-likeness (QED) is 0.823. The Morgan fingerprint density at radius 1 is 1.36 bits per heavy atom. The molecule has 0 unspecified atom stereocenters. The number of nitrogens with one attached hydrogen (secondary N) is 1. The zero-order chi connectivity index (χ0) is 18.0. The van der Waals surface area contributed by atoms with E-state index in [1.54, 1.807) is 24.3 Å². The topological polar surface area (TPSA) is 49.4 Å². The van der Waals surface area contributed by atoms with Gasteiger partial charge in [-0.05, 0) is 48.4 Å². The van der Waals surface area contributed by atoms with Gasteiger partial charge in [0.1, 0.15) is 0 Å². The molecule has 1 aromatic heterocycles. The lowest BCUT2D eigenvalue weighted by atomic mass is 10.0. The molecule has 2 aromatic rings. The lowest BCUT2D eigenvalue weighted by Crippen LogP contribution is -2.37. The van der Waals surface area contributed by atoms with E-state index in [0.29, 0.717) is 27.1 Å². The predicted molar refractivity (Wildman–Crippen MR) is 103 cm³/mol. The molecule has 0 spiro atoms. The van der Waals surface area contributed by atoms with Gasteiger partial charge in [0.25, 0.3) is 11.8 Å². The van der Waals surface area contributed by atoms with E-state index in [-0.39, 0.29) is 17.9 Å².